The van der Waals surface area contributed by atoms with Gasteiger partial charge in [0.25, 0.3) is 5.69 Å². The van der Waals surface area contributed by atoms with E-state index in [2.05, 4.69) is 5.32 Å². The molecule has 0 saturated carbocycles. The van der Waals surface area contributed by atoms with E-state index in [1.54, 1.807) is 0 Å². The van der Waals surface area contributed by atoms with Crippen molar-refractivity contribution >= 4 is 23.0 Å². The number of rotatable bonds is 4. The first-order valence-electron chi connectivity index (χ1n) is 5.62. The molecule has 0 heterocycles. The van der Waals surface area contributed by atoms with Crippen LogP contribution in [0.1, 0.15) is 10.4 Å². The Hall–Kier alpha value is -3.03. The monoisotopic (exact) mass is 294 g/mol. The van der Waals surface area contributed by atoms with Gasteiger partial charge in [-0.25, -0.2) is 13.6 Å². The molecule has 2 N–H and O–H groups in total. The first kappa shape index (κ1) is 14.4. The van der Waals surface area contributed by atoms with Crippen LogP contribution in [-0.2, 0) is 0 Å². The number of anilines is 2. The average Bonchev–Trinajstić information content (AvgIpc) is 2.41. The Balaban J connectivity index is 2.44. The maximum absolute atomic E-state index is 13.5. The number of nitrogens with one attached hydrogen (secondary N) is 1. The molecule has 2 rings (SSSR count). The minimum atomic E-state index is -1.32. The van der Waals surface area contributed by atoms with Crippen molar-refractivity contribution in [3.63, 3.8) is 0 Å². The molecule has 2 aromatic carbocycles. The molecule has 0 spiro atoms. The van der Waals surface area contributed by atoms with Gasteiger partial charge in [-0.1, -0.05) is 0 Å². The predicted octanol–water partition coefficient (Wildman–Crippen LogP) is 3.31. The molecule has 2 aromatic rings. The summed E-state index contributed by atoms with van der Waals surface area (Å²) in [5, 5.41) is 22.2. The van der Waals surface area contributed by atoms with Crippen LogP contribution in [0, 0.1) is 21.7 Å². The fourth-order valence-corrected chi connectivity index (χ4v) is 1.66. The van der Waals surface area contributed by atoms with Gasteiger partial charge in [-0.3, -0.25) is 10.1 Å². The molecule has 0 aliphatic heterocycles. The molecule has 0 aliphatic rings. The zero-order chi connectivity index (χ0) is 15.6. The Morgan fingerprint density at radius 1 is 1.14 bits per heavy atom. The highest BCUT2D eigenvalue weighted by molar-refractivity contribution is 5.90. The van der Waals surface area contributed by atoms with Crippen molar-refractivity contribution in [2.45, 2.75) is 0 Å². The quantitative estimate of drug-likeness (QED) is 0.666. The Morgan fingerprint density at radius 2 is 1.81 bits per heavy atom. The largest absolute Gasteiger partial charge is 0.478 e. The molecular weight excluding hydrogens is 286 g/mol. The highest BCUT2D eigenvalue weighted by Crippen LogP contribution is 2.29. The predicted molar refractivity (Wildman–Crippen MR) is 69.7 cm³/mol. The van der Waals surface area contributed by atoms with Gasteiger partial charge in [0.1, 0.15) is 17.3 Å². The molecule has 0 aromatic heterocycles. The summed E-state index contributed by atoms with van der Waals surface area (Å²) in [6.07, 6.45) is 0. The number of halogens is 2. The maximum atomic E-state index is 13.5. The maximum Gasteiger partial charge on any atom is 0.335 e. The van der Waals surface area contributed by atoms with E-state index in [9.17, 15) is 23.7 Å². The molecule has 108 valence electrons. The third kappa shape index (κ3) is 3.11. The van der Waals surface area contributed by atoms with Gasteiger partial charge in [0.15, 0.2) is 0 Å². The normalized spacial score (nSPS) is 10.2. The summed E-state index contributed by atoms with van der Waals surface area (Å²) in [7, 11) is 0. The summed E-state index contributed by atoms with van der Waals surface area (Å²) in [6, 6.07) is 5.83. The number of nitrogens with zero attached hydrogens (tertiary/aromatic N) is 1. The van der Waals surface area contributed by atoms with E-state index in [1.807, 2.05) is 0 Å². The smallest absolute Gasteiger partial charge is 0.335 e. The van der Waals surface area contributed by atoms with E-state index in [0.717, 1.165) is 30.3 Å². The number of carbonyl (C=O) groups is 1. The zero-order valence-electron chi connectivity index (χ0n) is 10.3. The van der Waals surface area contributed by atoms with Crippen LogP contribution in [0.25, 0.3) is 0 Å². The van der Waals surface area contributed by atoms with Crippen molar-refractivity contribution in [1.29, 1.82) is 0 Å². The van der Waals surface area contributed by atoms with Gasteiger partial charge < -0.3 is 10.4 Å². The molecule has 0 fully saturated rings. The van der Waals surface area contributed by atoms with Crippen LogP contribution in [0.3, 0.4) is 0 Å². The molecule has 0 saturated heterocycles. The second-order valence-corrected chi connectivity index (χ2v) is 4.04. The van der Waals surface area contributed by atoms with Gasteiger partial charge in [-0.2, -0.15) is 0 Å². The van der Waals surface area contributed by atoms with E-state index >= 15 is 0 Å². The van der Waals surface area contributed by atoms with Gasteiger partial charge in [0.2, 0.25) is 0 Å². The number of benzene rings is 2. The first-order chi connectivity index (χ1) is 9.88. The Kier molecular flexibility index (Phi) is 3.79. The lowest BCUT2D eigenvalue weighted by atomic mass is 10.1. The van der Waals surface area contributed by atoms with Crippen LogP contribution < -0.4 is 5.32 Å². The van der Waals surface area contributed by atoms with E-state index in [4.69, 9.17) is 5.11 Å². The van der Waals surface area contributed by atoms with Crippen molar-refractivity contribution in [2.75, 3.05) is 5.32 Å². The van der Waals surface area contributed by atoms with Crippen LogP contribution in [0.4, 0.5) is 25.8 Å². The highest BCUT2D eigenvalue weighted by atomic mass is 19.1. The molecule has 8 heteroatoms. The second kappa shape index (κ2) is 5.53. The molecule has 0 radical (unpaired) electrons. The van der Waals surface area contributed by atoms with Crippen LogP contribution >= 0.6 is 0 Å². The Bertz CT molecular complexity index is 734. The molecule has 0 atom stereocenters. The summed E-state index contributed by atoms with van der Waals surface area (Å²) in [5.41, 5.74) is -1.07. The van der Waals surface area contributed by atoms with Crippen molar-refractivity contribution in [3.05, 3.63) is 63.7 Å². The van der Waals surface area contributed by atoms with Crippen LogP contribution in [0.2, 0.25) is 0 Å². The van der Waals surface area contributed by atoms with Crippen molar-refractivity contribution in [2.24, 2.45) is 0 Å². The number of aromatic carboxylic acids is 1. The number of nitro benzene ring substituents is 1. The molecule has 21 heavy (non-hydrogen) atoms. The summed E-state index contributed by atoms with van der Waals surface area (Å²) in [5.74, 6) is -3.03. The van der Waals surface area contributed by atoms with E-state index in [-0.39, 0.29) is 16.9 Å². The highest BCUT2D eigenvalue weighted by Gasteiger charge is 2.18. The first-order valence-corrected chi connectivity index (χ1v) is 5.62. The standard InChI is InChI=1S/C13H8F2N2O4/c14-8-2-4-10(9(15)6-8)16-11-3-1-7(13(18)19)5-12(11)17(20)21/h1-6,16H,(H,18,19). The number of hydrogen-bond acceptors (Lipinski definition) is 4. The molecular formula is C13H8F2N2O4. The SMILES string of the molecule is O=C(O)c1ccc(Nc2ccc(F)cc2F)c([N+](=O)[O-])c1. The van der Waals surface area contributed by atoms with Gasteiger partial charge in [0, 0.05) is 12.1 Å². The fraction of sp³-hybridized carbons (Fsp3) is 0. The van der Waals surface area contributed by atoms with Crippen LogP contribution in [-0.4, -0.2) is 16.0 Å². The summed E-state index contributed by atoms with van der Waals surface area (Å²) in [4.78, 5) is 20.9. The number of carboxylic acids is 1. The van der Waals surface area contributed by atoms with Crippen molar-refractivity contribution in [1.82, 2.24) is 0 Å². The molecule has 6 nitrogen and oxygen atoms in total. The Labute approximate surface area is 116 Å². The summed E-state index contributed by atoms with van der Waals surface area (Å²) in [6.45, 7) is 0. The van der Waals surface area contributed by atoms with Gasteiger partial charge in [-0.05, 0) is 24.3 Å². The number of hydrogen-bond donors (Lipinski definition) is 2. The minimum absolute atomic E-state index is 0.101. The molecule has 0 unspecified atom stereocenters. The fourth-order valence-electron chi connectivity index (χ4n) is 1.66. The van der Waals surface area contributed by atoms with E-state index in [0.29, 0.717) is 6.07 Å². The number of nitro groups is 1. The van der Waals surface area contributed by atoms with E-state index in [1.165, 1.54) is 0 Å². The lowest BCUT2D eigenvalue weighted by molar-refractivity contribution is -0.383. The van der Waals surface area contributed by atoms with Crippen molar-refractivity contribution < 1.29 is 23.6 Å². The Morgan fingerprint density at radius 3 is 2.38 bits per heavy atom. The second-order valence-electron chi connectivity index (χ2n) is 4.04. The van der Waals surface area contributed by atoms with E-state index < -0.39 is 28.2 Å². The third-order valence-electron chi connectivity index (χ3n) is 2.64. The lowest BCUT2D eigenvalue weighted by Crippen LogP contribution is -2.02. The van der Waals surface area contributed by atoms with Crippen molar-refractivity contribution in [3.8, 4) is 0 Å². The zero-order valence-corrected chi connectivity index (χ0v) is 10.3. The summed E-state index contributed by atoms with van der Waals surface area (Å²) < 4.78 is 26.3. The molecule has 0 bridgehead atoms. The third-order valence-corrected chi connectivity index (χ3v) is 2.64. The number of carboxylic acid groups (broad SMARTS) is 1. The topological polar surface area (TPSA) is 92.5 Å². The van der Waals surface area contributed by atoms with Gasteiger partial charge >= 0.3 is 5.97 Å². The summed E-state index contributed by atoms with van der Waals surface area (Å²) >= 11 is 0. The molecule has 0 aliphatic carbocycles. The van der Waals surface area contributed by atoms with Crippen LogP contribution in [0.5, 0.6) is 0 Å². The van der Waals surface area contributed by atoms with Gasteiger partial charge in [0.05, 0.1) is 16.2 Å². The van der Waals surface area contributed by atoms with Crippen LogP contribution in [0.15, 0.2) is 36.4 Å². The lowest BCUT2D eigenvalue weighted by Gasteiger charge is -2.08. The molecule has 0 amide bonds. The van der Waals surface area contributed by atoms with Gasteiger partial charge in [-0.15, -0.1) is 0 Å². The average molecular weight is 294 g/mol. The minimum Gasteiger partial charge on any atom is -0.478 e.